The molecule has 1 aliphatic rings. The zero-order chi connectivity index (χ0) is 20.1. The van der Waals surface area contributed by atoms with E-state index in [2.05, 4.69) is 26.0 Å². The summed E-state index contributed by atoms with van der Waals surface area (Å²) >= 11 is 0. The molecule has 1 atom stereocenters. The standard InChI is InChI=1S/C20H21FN6O2/c21-17-11-15(8-9-18(17)22-12-16-7-4-10-29-16)23-19(28)13-27-25-20(24-26-27)14-5-2-1-3-6-14/h1-3,5-6,8-9,11,16,22H,4,7,10,12-13H2,(H,23,28). The highest BCUT2D eigenvalue weighted by atomic mass is 19.1. The summed E-state index contributed by atoms with van der Waals surface area (Å²) in [6, 6.07) is 13.9. The van der Waals surface area contributed by atoms with Gasteiger partial charge in [0.2, 0.25) is 11.7 Å². The van der Waals surface area contributed by atoms with Crippen LogP contribution in [0.1, 0.15) is 12.8 Å². The van der Waals surface area contributed by atoms with Crippen molar-refractivity contribution in [1.82, 2.24) is 20.2 Å². The average Bonchev–Trinajstić information content (AvgIpc) is 3.40. The molecule has 2 heterocycles. The number of hydrogen-bond acceptors (Lipinski definition) is 6. The van der Waals surface area contributed by atoms with Gasteiger partial charge in [-0.15, -0.1) is 10.2 Å². The van der Waals surface area contributed by atoms with Crippen molar-refractivity contribution in [2.45, 2.75) is 25.5 Å². The van der Waals surface area contributed by atoms with Crippen LogP contribution in [0.25, 0.3) is 11.4 Å². The molecule has 4 rings (SSSR count). The molecule has 8 nitrogen and oxygen atoms in total. The smallest absolute Gasteiger partial charge is 0.248 e. The van der Waals surface area contributed by atoms with Crippen LogP contribution in [0.2, 0.25) is 0 Å². The van der Waals surface area contributed by atoms with E-state index in [1.807, 2.05) is 30.3 Å². The third-order valence-corrected chi connectivity index (χ3v) is 4.57. The molecule has 1 aliphatic heterocycles. The van der Waals surface area contributed by atoms with E-state index >= 15 is 0 Å². The van der Waals surface area contributed by atoms with Gasteiger partial charge in [-0.1, -0.05) is 30.3 Å². The lowest BCUT2D eigenvalue weighted by Crippen LogP contribution is -2.21. The zero-order valence-corrected chi connectivity index (χ0v) is 15.7. The first-order valence-electron chi connectivity index (χ1n) is 9.45. The Morgan fingerprint density at radius 2 is 2.10 bits per heavy atom. The first-order valence-corrected chi connectivity index (χ1v) is 9.45. The number of benzene rings is 2. The Morgan fingerprint density at radius 1 is 1.24 bits per heavy atom. The van der Waals surface area contributed by atoms with E-state index in [1.54, 1.807) is 12.1 Å². The molecule has 9 heteroatoms. The van der Waals surface area contributed by atoms with E-state index in [1.165, 1.54) is 10.9 Å². The number of amides is 1. The molecule has 2 aromatic carbocycles. The number of tetrazole rings is 1. The van der Waals surface area contributed by atoms with Gasteiger partial charge in [0.15, 0.2) is 0 Å². The second-order valence-corrected chi connectivity index (χ2v) is 6.77. The summed E-state index contributed by atoms with van der Waals surface area (Å²) in [6.45, 7) is 1.19. The van der Waals surface area contributed by atoms with Gasteiger partial charge in [-0.2, -0.15) is 4.80 Å². The van der Waals surface area contributed by atoms with Crippen molar-refractivity contribution in [3.8, 4) is 11.4 Å². The Morgan fingerprint density at radius 3 is 2.86 bits per heavy atom. The van der Waals surface area contributed by atoms with Crippen LogP contribution in [-0.4, -0.2) is 45.4 Å². The Balaban J connectivity index is 1.32. The maximum Gasteiger partial charge on any atom is 0.248 e. The van der Waals surface area contributed by atoms with Gasteiger partial charge in [0.25, 0.3) is 0 Å². The highest BCUT2D eigenvalue weighted by Gasteiger charge is 2.16. The Labute approximate surface area is 167 Å². The SMILES string of the molecule is O=C(Cn1nnc(-c2ccccc2)n1)Nc1ccc(NCC2CCCO2)c(F)c1. The highest BCUT2D eigenvalue weighted by Crippen LogP contribution is 2.20. The summed E-state index contributed by atoms with van der Waals surface area (Å²) in [5.74, 6) is -0.376. The van der Waals surface area contributed by atoms with Crippen LogP contribution in [-0.2, 0) is 16.1 Å². The second-order valence-electron chi connectivity index (χ2n) is 6.77. The molecule has 0 bridgehead atoms. The minimum atomic E-state index is -0.439. The summed E-state index contributed by atoms with van der Waals surface area (Å²) in [5, 5.41) is 17.7. The van der Waals surface area contributed by atoms with Crippen molar-refractivity contribution in [2.24, 2.45) is 0 Å². The van der Waals surface area contributed by atoms with Crippen LogP contribution >= 0.6 is 0 Å². The van der Waals surface area contributed by atoms with Crippen LogP contribution < -0.4 is 10.6 Å². The Hall–Kier alpha value is -3.33. The molecule has 1 unspecified atom stereocenters. The van der Waals surface area contributed by atoms with Crippen molar-refractivity contribution in [1.29, 1.82) is 0 Å². The summed E-state index contributed by atoms with van der Waals surface area (Å²) in [4.78, 5) is 13.4. The summed E-state index contributed by atoms with van der Waals surface area (Å²) < 4.78 is 19.8. The van der Waals surface area contributed by atoms with E-state index in [0.717, 1.165) is 25.0 Å². The van der Waals surface area contributed by atoms with E-state index < -0.39 is 5.82 Å². The fraction of sp³-hybridized carbons (Fsp3) is 0.300. The maximum absolute atomic E-state index is 14.3. The molecule has 0 radical (unpaired) electrons. The van der Waals surface area contributed by atoms with E-state index in [0.29, 0.717) is 23.7 Å². The Bertz CT molecular complexity index is 972. The van der Waals surface area contributed by atoms with Gasteiger partial charge in [-0.05, 0) is 36.3 Å². The molecular formula is C20H21FN6O2. The third kappa shape index (κ3) is 4.94. The van der Waals surface area contributed by atoms with Crippen LogP contribution in [0, 0.1) is 5.82 Å². The number of carbonyl (C=O) groups is 1. The fourth-order valence-electron chi connectivity index (χ4n) is 3.11. The zero-order valence-electron chi connectivity index (χ0n) is 15.7. The summed E-state index contributed by atoms with van der Waals surface area (Å²) in [7, 11) is 0. The average molecular weight is 396 g/mol. The predicted molar refractivity (Wildman–Crippen MR) is 106 cm³/mol. The topological polar surface area (TPSA) is 94.0 Å². The summed E-state index contributed by atoms with van der Waals surface area (Å²) in [5.41, 5.74) is 1.55. The van der Waals surface area contributed by atoms with Crippen LogP contribution in [0.4, 0.5) is 15.8 Å². The molecule has 1 fully saturated rings. The molecule has 150 valence electrons. The van der Waals surface area contributed by atoms with Gasteiger partial charge >= 0.3 is 0 Å². The largest absolute Gasteiger partial charge is 0.380 e. The number of halogens is 1. The minimum absolute atomic E-state index is 0.115. The maximum atomic E-state index is 14.3. The second kappa shape index (κ2) is 8.78. The number of ether oxygens (including phenoxy) is 1. The molecule has 0 saturated carbocycles. The number of carbonyl (C=O) groups excluding carboxylic acids is 1. The van der Waals surface area contributed by atoms with E-state index in [-0.39, 0.29) is 18.6 Å². The minimum Gasteiger partial charge on any atom is -0.380 e. The first-order chi connectivity index (χ1) is 14.2. The molecule has 29 heavy (non-hydrogen) atoms. The van der Waals surface area contributed by atoms with Gasteiger partial charge in [0, 0.05) is 24.4 Å². The lowest BCUT2D eigenvalue weighted by atomic mass is 10.2. The molecule has 0 spiro atoms. The molecule has 2 N–H and O–H groups in total. The van der Waals surface area contributed by atoms with Gasteiger partial charge in [0.1, 0.15) is 12.4 Å². The van der Waals surface area contributed by atoms with Gasteiger partial charge in [0.05, 0.1) is 11.8 Å². The number of nitrogens with zero attached hydrogens (tertiary/aromatic N) is 4. The van der Waals surface area contributed by atoms with Gasteiger partial charge < -0.3 is 15.4 Å². The van der Waals surface area contributed by atoms with Crippen molar-refractivity contribution >= 4 is 17.3 Å². The highest BCUT2D eigenvalue weighted by molar-refractivity contribution is 5.90. The van der Waals surface area contributed by atoms with Crippen molar-refractivity contribution in [3.05, 3.63) is 54.3 Å². The predicted octanol–water partition coefficient (Wildman–Crippen LogP) is 2.71. The molecular weight excluding hydrogens is 375 g/mol. The van der Waals surface area contributed by atoms with E-state index in [9.17, 15) is 9.18 Å². The molecule has 0 aliphatic carbocycles. The molecule has 3 aromatic rings. The van der Waals surface area contributed by atoms with Crippen LogP contribution in [0.5, 0.6) is 0 Å². The lowest BCUT2D eigenvalue weighted by molar-refractivity contribution is -0.117. The van der Waals surface area contributed by atoms with Crippen LogP contribution in [0.15, 0.2) is 48.5 Å². The monoisotopic (exact) mass is 396 g/mol. The quantitative estimate of drug-likeness (QED) is 0.638. The van der Waals surface area contributed by atoms with Crippen molar-refractivity contribution in [3.63, 3.8) is 0 Å². The van der Waals surface area contributed by atoms with Crippen molar-refractivity contribution < 1.29 is 13.9 Å². The van der Waals surface area contributed by atoms with Gasteiger partial charge in [-0.25, -0.2) is 4.39 Å². The number of aromatic nitrogens is 4. The molecule has 1 amide bonds. The van der Waals surface area contributed by atoms with Crippen LogP contribution in [0.3, 0.4) is 0 Å². The number of anilines is 2. The lowest BCUT2D eigenvalue weighted by Gasteiger charge is -2.13. The van der Waals surface area contributed by atoms with Gasteiger partial charge in [-0.3, -0.25) is 4.79 Å². The first kappa shape index (κ1) is 19.0. The normalized spacial score (nSPS) is 16.0. The number of hydrogen-bond donors (Lipinski definition) is 2. The van der Waals surface area contributed by atoms with Crippen molar-refractivity contribution in [2.75, 3.05) is 23.8 Å². The number of rotatable bonds is 7. The van der Waals surface area contributed by atoms with E-state index in [4.69, 9.17) is 4.74 Å². The molecule has 1 aromatic heterocycles. The fourth-order valence-corrected chi connectivity index (χ4v) is 3.11. The Kier molecular flexibility index (Phi) is 5.76. The summed E-state index contributed by atoms with van der Waals surface area (Å²) in [6.07, 6.45) is 2.13. The third-order valence-electron chi connectivity index (χ3n) is 4.57. The molecule has 1 saturated heterocycles. The number of nitrogens with one attached hydrogen (secondary N) is 2.